The summed E-state index contributed by atoms with van der Waals surface area (Å²) < 4.78 is 32.6. The van der Waals surface area contributed by atoms with Gasteiger partial charge in [-0.3, -0.25) is 4.55 Å². The van der Waals surface area contributed by atoms with Gasteiger partial charge < -0.3 is 0 Å². The molecule has 0 saturated heterocycles. The van der Waals surface area contributed by atoms with Gasteiger partial charge >= 0.3 is 29.6 Å². The average molecular weight is 365 g/mol. The molecule has 0 radical (unpaired) electrons. The zero-order chi connectivity index (χ0) is 17.1. The molecule has 0 fully saturated rings. The number of benzene rings is 1. The fourth-order valence-electron chi connectivity index (χ4n) is 2.98. The van der Waals surface area contributed by atoms with Gasteiger partial charge in [-0.2, -0.15) is 8.42 Å². The summed E-state index contributed by atoms with van der Waals surface area (Å²) in [6.07, 6.45) is 11.1. The van der Waals surface area contributed by atoms with Crippen LogP contribution in [0, 0.1) is 0 Å². The van der Waals surface area contributed by atoms with Crippen molar-refractivity contribution in [2.75, 3.05) is 0 Å². The molecule has 0 aliphatic carbocycles. The van der Waals surface area contributed by atoms with E-state index in [1.807, 2.05) is 31.2 Å². The van der Waals surface area contributed by atoms with Crippen LogP contribution in [0.3, 0.4) is 0 Å². The second-order valence-corrected chi connectivity index (χ2v) is 8.01. The summed E-state index contributed by atoms with van der Waals surface area (Å²) in [5.41, 5.74) is 1.88. The van der Waals surface area contributed by atoms with Crippen LogP contribution in [0.15, 0.2) is 24.3 Å². The van der Waals surface area contributed by atoms with Crippen LogP contribution in [0.2, 0.25) is 0 Å². The normalized spacial score (nSPS) is 12.6. The summed E-state index contributed by atoms with van der Waals surface area (Å²) in [4.78, 5) is 0. The number of hydrogen-bond donors (Lipinski definition) is 1. The van der Waals surface area contributed by atoms with E-state index in [0.29, 0.717) is 6.42 Å². The Morgan fingerprint density at radius 3 is 2.17 bits per heavy atom. The van der Waals surface area contributed by atoms with Crippen LogP contribution in [0.4, 0.5) is 0 Å². The summed E-state index contributed by atoms with van der Waals surface area (Å²) in [7, 11) is -4.03. The predicted molar refractivity (Wildman–Crippen MR) is 104 cm³/mol. The van der Waals surface area contributed by atoms with Gasteiger partial charge in [-0.15, -0.1) is 0 Å². The van der Waals surface area contributed by atoms with Gasteiger partial charge in [0, 0.05) is 0 Å². The second-order valence-electron chi connectivity index (χ2n) is 6.41. The molecule has 1 rings (SSSR count). The fraction of sp³-hybridized carbons (Fsp3) is 0.684. The van der Waals surface area contributed by atoms with E-state index in [4.69, 9.17) is 0 Å². The molecule has 5 heteroatoms. The van der Waals surface area contributed by atoms with E-state index in [1.165, 1.54) is 44.1 Å². The number of rotatable bonds is 12. The average Bonchev–Trinajstić information content (AvgIpc) is 2.51. The van der Waals surface area contributed by atoms with Gasteiger partial charge in [-0.25, -0.2) is 0 Å². The third-order valence-corrected chi connectivity index (χ3v) is 5.53. The zero-order valence-corrected chi connectivity index (χ0v) is 15.4. The molecule has 0 bridgehead atoms. The third-order valence-electron chi connectivity index (χ3n) is 4.30. The van der Waals surface area contributed by atoms with Crippen LogP contribution >= 0.6 is 0 Å². The first-order valence-electron chi connectivity index (χ1n) is 9.04. The Kier molecular flexibility index (Phi) is 13.4. The Morgan fingerprint density at radius 2 is 1.58 bits per heavy atom. The van der Waals surface area contributed by atoms with Crippen molar-refractivity contribution in [3.63, 3.8) is 0 Å². The van der Waals surface area contributed by atoms with Gasteiger partial charge in [0.25, 0.3) is 10.1 Å². The maximum absolute atomic E-state index is 11.6. The molecule has 0 aliphatic rings. The van der Waals surface area contributed by atoms with Crippen molar-refractivity contribution in [2.24, 2.45) is 0 Å². The van der Waals surface area contributed by atoms with Gasteiger partial charge in [-0.05, 0) is 30.4 Å². The monoisotopic (exact) mass is 364 g/mol. The number of hydrogen-bond acceptors (Lipinski definition) is 2. The Bertz CT molecular complexity index is 543. The molecule has 24 heavy (non-hydrogen) atoms. The third kappa shape index (κ3) is 9.57. The van der Waals surface area contributed by atoms with Crippen molar-refractivity contribution in [1.82, 2.24) is 0 Å². The van der Waals surface area contributed by atoms with Gasteiger partial charge in [-0.1, -0.05) is 83.1 Å². The Hall–Kier alpha value is 0.130. The molecule has 1 unspecified atom stereocenters. The SMILES string of the molecule is CCCCCCCCCc1cccc(C(CCC)S(=O)(=O)O)c1.[NaH]. The summed E-state index contributed by atoms with van der Waals surface area (Å²) in [6.45, 7) is 4.16. The summed E-state index contributed by atoms with van der Waals surface area (Å²) >= 11 is 0. The topological polar surface area (TPSA) is 54.4 Å². The molecule has 1 atom stereocenters. The van der Waals surface area contributed by atoms with E-state index < -0.39 is 15.4 Å². The number of aryl methyl sites for hydroxylation is 1. The standard InChI is InChI=1S/C19H32O3S.Na.H/c1-3-5-6-7-8-9-10-13-17-14-11-15-18(16-17)19(12-4-2)23(20,21)22;;/h11,14-16,19H,3-10,12-13H2,1-2H3,(H,20,21,22);;. The van der Waals surface area contributed by atoms with Crippen molar-refractivity contribution in [2.45, 2.75) is 83.3 Å². The van der Waals surface area contributed by atoms with E-state index in [-0.39, 0.29) is 29.6 Å². The van der Waals surface area contributed by atoms with Crippen molar-refractivity contribution in [1.29, 1.82) is 0 Å². The van der Waals surface area contributed by atoms with Gasteiger partial charge in [0.1, 0.15) is 5.25 Å². The van der Waals surface area contributed by atoms with Gasteiger partial charge in [0.05, 0.1) is 0 Å². The Labute approximate surface area is 170 Å². The fourth-order valence-corrected chi connectivity index (χ4v) is 4.01. The van der Waals surface area contributed by atoms with Crippen LogP contribution in [0.1, 0.15) is 88.0 Å². The first-order valence-corrected chi connectivity index (χ1v) is 10.5. The molecule has 3 nitrogen and oxygen atoms in total. The van der Waals surface area contributed by atoms with E-state index in [2.05, 4.69) is 6.92 Å². The predicted octanol–water partition coefficient (Wildman–Crippen LogP) is 5.06. The first kappa shape index (κ1) is 24.1. The van der Waals surface area contributed by atoms with Crippen LogP contribution in [0.5, 0.6) is 0 Å². The molecule has 1 aromatic carbocycles. The first-order chi connectivity index (χ1) is 11.0. The molecule has 0 saturated carbocycles. The molecule has 134 valence electrons. The molecule has 0 amide bonds. The molecule has 0 aliphatic heterocycles. The number of unbranched alkanes of at least 4 members (excludes halogenated alkanes) is 6. The summed E-state index contributed by atoms with van der Waals surface area (Å²) in [5.74, 6) is 0. The quantitative estimate of drug-likeness (QED) is 0.320. The van der Waals surface area contributed by atoms with Gasteiger partial charge in [0.15, 0.2) is 0 Å². The molecule has 0 heterocycles. The molecule has 1 N–H and O–H groups in total. The van der Waals surface area contributed by atoms with E-state index in [0.717, 1.165) is 24.8 Å². The van der Waals surface area contributed by atoms with E-state index in [1.54, 1.807) is 0 Å². The zero-order valence-electron chi connectivity index (χ0n) is 14.6. The minimum absolute atomic E-state index is 0. The van der Waals surface area contributed by atoms with Crippen LogP contribution in [0.25, 0.3) is 0 Å². The van der Waals surface area contributed by atoms with E-state index in [9.17, 15) is 13.0 Å². The molecule has 1 aromatic rings. The van der Waals surface area contributed by atoms with E-state index >= 15 is 0 Å². The summed E-state index contributed by atoms with van der Waals surface area (Å²) in [6, 6.07) is 7.71. The second kappa shape index (κ2) is 13.3. The van der Waals surface area contributed by atoms with Crippen molar-refractivity contribution >= 4 is 39.7 Å². The van der Waals surface area contributed by atoms with Crippen molar-refractivity contribution in [3.05, 3.63) is 35.4 Å². The molecule has 0 spiro atoms. The minimum atomic E-state index is -4.03. The maximum atomic E-state index is 11.6. The molecular weight excluding hydrogens is 331 g/mol. The van der Waals surface area contributed by atoms with Gasteiger partial charge in [0.2, 0.25) is 0 Å². The van der Waals surface area contributed by atoms with Crippen LogP contribution in [-0.4, -0.2) is 42.5 Å². The Balaban J connectivity index is 0.00000529. The molecule has 0 aromatic heterocycles. The summed E-state index contributed by atoms with van der Waals surface area (Å²) in [5, 5.41) is -0.790. The van der Waals surface area contributed by atoms with Crippen molar-refractivity contribution < 1.29 is 13.0 Å². The van der Waals surface area contributed by atoms with Crippen molar-refractivity contribution in [3.8, 4) is 0 Å². The Morgan fingerprint density at radius 1 is 0.958 bits per heavy atom. The molecular formula is C19H33NaO3S. The van der Waals surface area contributed by atoms with Crippen LogP contribution in [-0.2, 0) is 16.5 Å². The van der Waals surface area contributed by atoms with Crippen LogP contribution < -0.4 is 0 Å².